The van der Waals surface area contributed by atoms with Crippen LogP contribution in [0.15, 0.2) is 106 Å². The molecule has 0 spiro atoms. The second kappa shape index (κ2) is 11.7. The predicted octanol–water partition coefficient (Wildman–Crippen LogP) is 6.14. The smallest absolute Gasteiger partial charge is 0.295 e. The molecule has 1 aliphatic rings. The van der Waals surface area contributed by atoms with Crippen molar-refractivity contribution in [2.75, 3.05) is 5.32 Å². The predicted molar refractivity (Wildman–Crippen MR) is 152 cm³/mol. The van der Waals surface area contributed by atoms with Crippen molar-refractivity contribution in [3.8, 4) is 0 Å². The van der Waals surface area contributed by atoms with Crippen LogP contribution in [0.2, 0.25) is 0 Å². The molecular weight excluding hydrogens is 534 g/mol. The molecule has 0 unspecified atom stereocenters. The minimum absolute atomic E-state index is 0.129. The molecule has 7 nitrogen and oxygen atoms in total. The van der Waals surface area contributed by atoms with Gasteiger partial charge in [-0.2, -0.15) is 16.8 Å². The maximum atomic E-state index is 12.2. The number of allylic oxidation sites excluding steroid dienone is 5. The Bertz CT molecular complexity index is 1680. The second-order valence-electron chi connectivity index (χ2n) is 9.00. The maximum absolute atomic E-state index is 12.2. The minimum atomic E-state index is -4.49. The zero-order valence-electron chi connectivity index (χ0n) is 21.5. The Morgan fingerprint density at radius 2 is 1.54 bits per heavy atom. The number of aryl methyl sites for hydroxylation is 1. The van der Waals surface area contributed by atoms with Gasteiger partial charge in [-0.15, -0.1) is 0 Å². The van der Waals surface area contributed by atoms with Crippen molar-refractivity contribution in [2.24, 2.45) is 0 Å². The van der Waals surface area contributed by atoms with Gasteiger partial charge in [-0.3, -0.25) is 9.11 Å². The monoisotopic (exact) mass is 563 g/mol. The average molecular weight is 564 g/mol. The van der Waals surface area contributed by atoms with Crippen LogP contribution in [-0.4, -0.2) is 25.9 Å². The Morgan fingerprint density at radius 3 is 2.18 bits per heavy atom. The zero-order valence-corrected chi connectivity index (χ0v) is 23.2. The fraction of sp³-hybridized carbons (Fsp3) is 0.167. The number of hydrogen-bond acceptors (Lipinski definition) is 5. The summed E-state index contributed by atoms with van der Waals surface area (Å²) in [6.07, 6.45) is 10.1. The first-order valence-electron chi connectivity index (χ1n) is 12.4. The largest absolute Gasteiger partial charge is 0.381 e. The van der Waals surface area contributed by atoms with Gasteiger partial charge in [0.1, 0.15) is 4.90 Å². The summed E-state index contributed by atoms with van der Waals surface area (Å²) in [5.74, 6) is 0. The highest BCUT2D eigenvalue weighted by Gasteiger charge is 2.21. The van der Waals surface area contributed by atoms with E-state index in [2.05, 4.69) is 11.7 Å². The first kappa shape index (κ1) is 28.5. The van der Waals surface area contributed by atoms with Crippen LogP contribution in [0, 0.1) is 6.42 Å². The summed E-state index contributed by atoms with van der Waals surface area (Å²) >= 11 is 0. The molecule has 1 aliphatic carbocycles. The Kier molecular flexibility index (Phi) is 8.56. The molecule has 0 bridgehead atoms. The van der Waals surface area contributed by atoms with E-state index >= 15 is 0 Å². The lowest BCUT2D eigenvalue weighted by Crippen LogP contribution is -2.08. The standard InChI is InChI=1S/C30H29NO6S2/c1-3-21-8-7-9-24(18-21)30(27-10-5-6-11-28(27)38(32,33)34)23-14-16-26(17-15-23)31-20-25-13-12-22(4-2)19-29(25)39(35,36)37/h5-7,9-19,31H,3-4,20H2,1-2H3,(H,32,33,34)(H,35,36,37). The van der Waals surface area contributed by atoms with Crippen LogP contribution in [0.25, 0.3) is 5.57 Å². The van der Waals surface area contributed by atoms with Crippen LogP contribution < -0.4 is 5.32 Å². The van der Waals surface area contributed by atoms with Gasteiger partial charge in [0.2, 0.25) is 0 Å². The molecule has 0 saturated heterocycles. The third-order valence-electron chi connectivity index (χ3n) is 6.44. The third kappa shape index (κ3) is 6.75. The first-order valence-corrected chi connectivity index (χ1v) is 15.3. The van der Waals surface area contributed by atoms with Gasteiger partial charge in [0.25, 0.3) is 20.2 Å². The van der Waals surface area contributed by atoms with Crippen molar-refractivity contribution in [3.63, 3.8) is 0 Å². The van der Waals surface area contributed by atoms with Crippen molar-refractivity contribution in [3.05, 3.63) is 125 Å². The number of rotatable bonds is 9. The van der Waals surface area contributed by atoms with Gasteiger partial charge in [0.15, 0.2) is 0 Å². The summed E-state index contributed by atoms with van der Waals surface area (Å²) in [6.45, 7) is 4.07. The van der Waals surface area contributed by atoms with E-state index in [0.717, 1.165) is 28.7 Å². The van der Waals surface area contributed by atoms with Gasteiger partial charge in [0, 0.05) is 24.2 Å². The summed E-state index contributed by atoms with van der Waals surface area (Å²) in [7, 11) is -8.88. The Hall–Kier alpha value is -3.50. The average Bonchev–Trinajstić information content (AvgIpc) is 2.92. The topological polar surface area (TPSA) is 121 Å². The van der Waals surface area contributed by atoms with Crippen LogP contribution in [-0.2, 0) is 33.2 Å². The summed E-state index contributed by atoms with van der Waals surface area (Å²) in [4.78, 5) is -0.322. The SMILES string of the molecule is CCC1=CC(=C(c2ccc(NCc3ccc(CC)cc3S(=O)(=O)O)cc2)c2ccccc2S(=O)(=O)O)C=C[C]1. The molecule has 9 heteroatoms. The van der Waals surface area contributed by atoms with Crippen LogP contribution in [0.4, 0.5) is 5.69 Å². The van der Waals surface area contributed by atoms with Gasteiger partial charge in [0.05, 0.1) is 4.90 Å². The van der Waals surface area contributed by atoms with Crippen LogP contribution in [0.5, 0.6) is 0 Å². The lowest BCUT2D eigenvalue weighted by atomic mass is 9.89. The highest BCUT2D eigenvalue weighted by Crippen LogP contribution is 2.35. The molecule has 202 valence electrons. The minimum Gasteiger partial charge on any atom is -0.381 e. The molecule has 0 heterocycles. The molecule has 0 saturated carbocycles. The van der Waals surface area contributed by atoms with Crippen LogP contribution in [0.1, 0.15) is 42.5 Å². The van der Waals surface area contributed by atoms with E-state index in [-0.39, 0.29) is 16.3 Å². The van der Waals surface area contributed by atoms with E-state index < -0.39 is 20.2 Å². The molecule has 2 radical (unpaired) electrons. The van der Waals surface area contributed by atoms with Gasteiger partial charge in [-0.1, -0.05) is 80.1 Å². The number of hydrogen-bond donors (Lipinski definition) is 3. The van der Waals surface area contributed by atoms with Gasteiger partial charge in [-0.25, -0.2) is 0 Å². The van der Waals surface area contributed by atoms with Crippen molar-refractivity contribution >= 4 is 31.5 Å². The Morgan fingerprint density at radius 1 is 0.846 bits per heavy atom. The second-order valence-corrected chi connectivity index (χ2v) is 11.8. The number of benzene rings is 3. The van der Waals surface area contributed by atoms with E-state index in [1.165, 1.54) is 12.1 Å². The summed E-state index contributed by atoms with van der Waals surface area (Å²) in [5, 5.41) is 3.18. The van der Waals surface area contributed by atoms with Crippen LogP contribution >= 0.6 is 0 Å². The van der Waals surface area contributed by atoms with E-state index in [9.17, 15) is 25.9 Å². The summed E-state index contributed by atoms with van der Waals surface area (Å²) < 4.78 is 67.9. The number of nitrogens with one attached hydrogen (secondary N) is 1. The molecule has 3 N–H and O–H groups in total. The molecule has 0 fully saturated rings. The van der Waals surface area contributed by atoms with E-state index in [1.54, 1.807) is 42.5 Å². The van der Waals surface area contributed by atoms with Crippen molar-refractivity contribution < 1.29 is 25.9 Å². The zero-order chi connectivity index (χ0) is 28.2. The highest BCUT2D eigenvalue weighted by molar-refractivity contribution is 7.86. The fourth-order valence-corrected chi connectivity index (χ4v) is 5.88. The van der Waals surface area contributed by atoms with Crippen molar-refractivity contribution in [2.45, 2.75) is 43.0 Å². The molecule has 39 heavy (non-hydrogen) atoms. The molecule has 3 aromatic carbocycles. The Labute approximate surface area is 230 Å². The third-order valence-corrected chi connectivity index (χ3v) is 8.29. The lowest BCUT2D eigenvalue weighted by molar-refractivity contribution is 0.480. The molecule has 0 aliphatic heterocycles. The molecular formula is C30H29NO6S2. The number of anilines is 1. The molecule has 0 amide bonds. The van der Waals surface area contributed by atoms with Gasteiger partial charge >= 0.3 is 0 Å². The van der Waals surface area contributed by atoms with Crippen molar-refractivity contribution in [1.82, 2.24) is 0 Å². The first-order chi connectivity index (χ1) is 18.5. The quantitative estimate of drug-likeness (QED) is 0.267. The van der Waals surface area contributed by atoms with E-state index in [1.807, 2.05) is 44.2 Å². The fourth-order valence-electron chi connectivity index (χ4n) is 4.41. The Balaban J connectivity index is 1.72. The molecule has 0 aromatic heterocycles. The normalized spacial score (nSPS) is 15.1. The van der Waals surface area contributed by atoms with Crippen LogP contribution in [0.3, 0.4) is 0 Å². The van der Waals surface area contributed by atoms with Gasteiger partial charge < -0.3 is 5.32 Å². The summed E-state index contributed by atoms with van der Waals surface area (Å²) in [5.41, 5.74) is 5.36. The highest BCUT2D eigenvalue weighted by atomic mass is 32.2. The maximum Gasteiger partial charge on any atom is 0.295 e. The molecule has 0 atom stereocenters. The molecule has 4 rings (SSSR count). The van der Waals surface area contributed by atoms with E-state index in [4.69, 9.17) is 0 Å². The lowest BCUT2D eigenvalue weighted by Gasteiger charge is -2.18. The van der Waals surface area contributed by atoms with Crippen molar-refractivity contribution in [1.29, 1.82) is 0 Å². The van der Waals surface area contributed by atoms with Gasteiger partial charge in [-0.05, 0) is 64.9 Å². The van der Waals surface area contributed by atoms with E-state index in [0.29, 0.717) is 28.8 Å². The molecule has 3 aromatic rings. The summed E-state index contributed by atoms with van der Waals surface area (Å²) in [6, 6.07) is 18.5.